The van der Waals surface area contributed by atoms with Gasteiger partial charge >= 0.3 is 0 Å². The van der Waals surface area contributed by atoms with Crippen molar-refractivity contribution in [1.82, 2.24) is 10.6 Å². The van der Waals surface area contributed by atoms with E-state index in [0.717, 1.165) is 12.2 Å². The number of rotatable bonds is 6. The highest BCUT2D eigenvalue weighted by atomic mass is 32.2. The molecule has 4 heteroatoms. The maximum Gasteiger partial charge on any atom is 0.233 e. The van der Waals surface area contributed by atoms with Gasteiger partial charge in [0.15, 0.2) is 0 Å². The summed E-state index contributed by atoms with van der Waals surface area (Å²) in [5.41, 5.74) is 1.26. The zero-order valence-electron chi connectivity index (χ0n) is 11.2. The largest absolute Gasteiger partial charge is 0.355 e. The minimum atomic E-state index is 0.103. The molecule has 104 valence electrons. The lowest BCUT2D eigenvalue weighted by atomic mass is 10.1. The molecule has 0 unspecified atom stereocenters. The first-order chi connectivity index (χ1) is 9.34. The van der Waals surface area contributed by atoms with Crippen molar-refractivity contribution in [3.8, 4) is 0 Å². The molecule has 1 aromatic rings. The number of thioether (sulfide) groups is 1. The van der Waals surface area contributed by atoms with Crippen molar-refractivity contribution in [2.75, 3.05) is 24.6 Å². The molecule has 0 bridgehead atoms. The molecule has 3 nitrogen and oxygen atoms in total. The molecule has 2 N–H and O–H groups in total. The van der Waals surface area contributed by atoms with Crippen LogP contribution in [-0.2, 0) is 11.2 Å². The Morgan fingerprint density at radius 3 is 2.89 bits per heavy atom. The van der Waals surface area contributed by atoms with Crippen LogP contribution in [0.5, 0.6) is 0 Å². The quantitative estimate of drug-likeness (QED) is 0.834. The SMILES string of the molecule is O=C(CN[C@@H]1CCCSC1)NCCc1ccccc1. The summed E-state index contributed by atoms with van der Waals surface area (Å²) in [6.45, 7) is 1.16. The first-order valence-corrected chi connectivity index (χ1v) is 8.12. The number of carbonyl (C=O) groups excluding carboxylic acids is 1. The van der Waals surface area contributed by atoms with Gasteiger partial charge < -0.3 is 10.6 Å². The predicted molar refractivity (Wildman–Crippen MR) is 81.5 cm³/mol. The fourth-order valence-electron chi connectivity index (χ4n) is 2.19. The second kappa shape index (κ2) is 8.23. The van der Waals surface area contributed by atoms with Crippen LogP contribution >= 0.6 is 11.8 Å². The third kappa shape index (κ3) is 5.66. The Labute approximate surface area is 119 Å². The maximum atomic E-state index is 11.7. The molecule has 0 saturated carbocycles. The van der Waals surface area contributed by atoms with Crippen LogP contribution in [-0.4, -0.2) is 36.5 Å². The molecule has 1 amide bonds. The second-order valence-corrected chi connectivity index (χ2v) is 6.03. The zero-order valence-corrected chi connectivity index (χ0v) is 12.0. The molecule has 1 heterocycles. The number of hydrogen-bond acceptors (Lipinski definition) is 3. The summed E-state index contributed by atoms with van der Waals surface area (Å²) < 4.78 is 0. The van der Waals surface area contributed by atoms with E-state index in [0.29, 0.717) is 19.1 Å². The minimum Gasteiger partial charge on any atom is -0.355 e. The van der Waals surface area contributed by atoms with E-state index in [1.807, 2.05) is 30.0 Å². The molecule has 19 heavy (non-hydrogen) atoms. The number of hydrogen-bond donors (Lipinski definition) is 2. The van der Waals surface area contributed by atoms with Crippen molar-refractivity contribution >= 4 is 17.7 Å². The van der Waals surface area contributed by atoms with Crippen LogP contribution in [0.15, 0.2) is 30.3 Å². The van der Waals surface area contributed by atoms with Crippen LogP contribution in [0.25, 0.3) is 0 Å². The van der Waals surface area contributed by atoms with Crippen LogP contribution < -0.4 is 10.6 Å². The summed E-state index contributed by atoms with van der Waals surface area (Å²) in [5, 5.41) is 6.30. The predicted octanol–water partition coefficient (Wildman–Crippen LogP) is 1.83. The molecule has 0 radical (unpaired) electrons. The summed E-state index contributed by atoms with van der Waals surface area (Å²) in [4.78, 5) is 11.7. The van der Waals surface area contributed by atoms with E-state index in [-0.39, 0.29) is 5.91 Å². The van der Waals surface area contributed by atoms with Gasteiger partial charge in [0, 0.05) is 18.3 Å². The van der Waals surface area contributed by atoms with Gasteiger partial charge in [-0.05, 0) is 30.6 Å². The van der Waals surface area contributed by atoms with Gasteiger partial charge in [0.1, 0.15) is 0 Å². The van der Waals surface area contributed by atoms with E-state index >= 15 is 0 Å². The van der Waals surface area contributed by atoms with Crippen molar-refractivity contribution in [3.05, 3.63) is 35.9 Å². The number of amides is 1. The molecular weight excluding hydrogens is 256 g/mol. The summed E-state index contributed by atoms with van der Waals surface area (Å²) in [6.07, 6.45) is 3.36. The monoisotopic (exact) mass is 278 g/mol. The number of benzene rings is 1. The van der Waals surface area contributed by atoms with Gasteiger partial charge in [-0.15, -0.1) is 0 Å². The van der Waals surface area contributed by atoms with Gasteiger partial charge in [0.05, 0.1) is 6.54 Å². The Kier molecular flexibility index (Phi) is 6.24. The van der Waals surface area contributed by atoms with E-state index in [1.165, 1.54) is 24.2 Å². The van der Waals surface area contributed by atoms with Gasteiger partial charge in [-0.3, -0.25) is 4.79 Å². The molecule has 1 saturated heterocycles. The smallest absolute Gasteiger partial charge is 0.233 e. The molecule has 0 aromatic heterocycles. The molecule has 1 aliphatic heterocycles. The van der Waals surface area contributed by atoms with Crippen molar-refractivity contribution in [2.24, 2.45) is 0 Å². The lowest BCUT2D eigenvalue weighted by Gasteiger charge is -2.22. The normalized spacial score (nSPS) is 19.1. The topological polar surface area (TPSA) is 41.1 Å². The Bertz CT molecular complexity index is 377. The third-order valence-electron chi connectivity index (χ3n) is 3.29. The van der Waals surface area contributed by atoms with Crippen molar-refractivity contribution < 1.29 is 4.79 Å². The van der Waals surface area contributed by atoms with Gasteiger partial charge in [-0.1, -0.05) is 30.3 Å². The number of carbonyl (C=O) groups is 1. The first kappa shape index (κ1) is 14.4. The van der Waals surface area contributed by atoms with Crippen LogP contribution in [0, 0.1) is 0 Å². The van der Waals surface area contributed by atoms with E-state index in [1.54, 1.807) is 0 Å². The van der Waals surface area contributed by atoms with Crippen molar-refractivity contribution in [3.63, 3.8) is 0 Å². The number of nitrogens with one attached hydrogen (secondary N) is 2. The van der Waals surface area contributed by atoms with Gasteiger partial charge in [0.25, 0.3) is 0 Å². The second-order valence-electron chi connectivity index (χ2n) is 4.88. The van der Waals surface area contributed by atoms with Crippen LogP contribution in [0.2, 0.25) is 0 Å². The minimum absolute atomic E-state index is 0.103. The fourth-order valence-corrected chi connectivity index (χ4v) is 3.30. The van der Waals surface area contributed by atoms with Crippen LogP contribution in [0.4, 0.5) is 0 Å². The van der Waals surface area contributed by atoms with Crippen molar-refractivity contribution in [2.45, 2.75) is 25.3 Å². The van der Waals surface area contributed by atoms with Crippen molar-refractivity contribution in [1.29, 1.82) is 0 Å². The van der Waals surface area contributed by atoms with E-state index in [2.05, 4.69) is 22.8 Å². The first-order valence-electron chi connectivity index (χ1n) is 6.96. The zero-order chi connectivity index (χ0) is 13.3. The Balaban J connectivity index is 1.57. The Hall–Kier alpha value is -1.00. The third-order valence-corrected chi connectivity index (χ3v) is 4.51. The molecule has 0 spiro atoms. The van der Waals surface area contributed by atoms with Crippen LogP contribution in [0.3, 0.4) is 0 Å². The Morgan fingerprint density at radius 1 is 1.32 bits per heavy atom. The Morgan fingerprint density at radius 2 is 2.16 bits per heavy atom. The maximum absolute atomic E-state index is 11.7. The highest BCUT2D eigenvalue weighted by Gasteiger charge is 2.13. The van der Waals surface area contributed by atoms with Gasteiger partial charge in [-0.2, -0.15) is 11.8 Å². The standard InChI is InChI=1S/C15H22N2OS/c18-15(11-17-14-7-4-10-19-12-14)16-9-8-13-5-2-1-3-6-13/h1-3,5-6,14,17H,4,7-12H2,(H,16,18)/t14-/m1/s1. The lowest BCUT2D eigenvalue weighted by Crippen LogP contribution is -2.41. The summed E-state index contributed by atoms with van der Waals surface area (Å²) in [7, 11) is 0. The lowest BCUT2D eigenvalue weighted by molar-refractivity contribution is -0.120. The highest BCUT2D eigenvalue weighted by Crippen LogP contribution is 2.16. The van der Waals surface area contributed by atoms with Gasteiger partial charge in [0.2, 0.25) is 5.91 Å². The molecule has 1 aromatic carbocycles. The summed E-state index contributed by atoms with van der Waals surface area (Å²) >= 11 is 1.98. The molecule has 2 rings (SSSR count). The average Bonchev–Trinajstić information content (AvgIpc) is 2.47. The van der Waals surface area contributed by atoms with Gasteiger partial charge in [-0.25, -0.2) is 0 Å². The molecule has 1 aliphatic rings. The molecule has 1 fully saturated rings. The fraction of sp³-hybridized carbons (Fsp3) is 0.533. The average molecular weight is 278 g/mol. The van der Waals surface area contributed by atoms with E-state index in [4.69, 9.17) is 0 Å². The summed E-state index contributed by atoms with van der Waals surface area (Å²) in [5.74, 6) is 2.50. The summed E-state index contributed by atoms with van der Waals surface area (Å²) in [6, 6.07) is 10.7. The molecule has 1 atom stereocenters. The van der Waals surface area contributed by atoms with E-state index < -0.39 is 0 Å². The molecular formula is C15H22N2OS. The van der Waals surface area contributed by atoms with E-state index in [9.17, 15) is 4.79 Å². The highest BCUT2D eigenvalue weighted by molar-refractivity contribution is 7.99. The molecule has 0 aliphatic carbocycles. The van der Waals surface area contributed by atoms with Crippen LogP contribution in [0.1, 0.15) is 18.4 Å².